The fourth-order valence-corrected chi connectivity index (χ4v) is 6.44. The lowest BCUT2D eigenvalue weighted by Crippen LogP contribution is -2.59. The molecule has 0 bridgehead atoms. The zero-order valence-electron chi connectivity index (χ0n) is 20.7. The quantitative estimate of drug-likeness (QED) is 0.593. The van der Waals surface area contributed by atoms with Crippen LogP contribution < -0.4 is 5.73 Å². The van der Waals surface area contributed by atoms with Crippen molar-refractivity contribution in [3.63, 3.8) is 0 Å². The molecule has 1 aromatic heterocycles. The van der Waals surface area contributed by atoms with E-state index in [-0.39, 0.29) is 22.2 Å². The number of nitrogens with two attached hydrogens (primary N) is 1. The van der Waals surface area contributed by atoms with Gasteiger partial charge in [-0.1, -0.05) is 39.7 Å². The van der Waals surface area contributed by atoms with Gasteiger partial charge in [0.2, 0.25) is 0 Å². The first-order valence-electron chi connectivity index (χ1n) is 11.6. The Morgan fingerprint density at radius 1 is 1.17 bits per heavy atom. The molecule has 1 aliphatic heterocycles. The van der Waals surface area contributed by atoms with E-state index in [1.54, 1.807) is 0 Å². The molecule has 0 aromatic carbocycles. The van der Waals surface area contributed by atoms with Crippen LogP contribution in [0.3, 0.4) is 0 Å². The zero-order chi connectivity index (χ0) is 22.6. The third-order valence-corrected chi connectivity index (χ3v) is 12.4. The Morgan fingerprint density at radius 2 is 1.77 bits per heavy atom. The maximum absolute atomic E-state index is 7.08. The Morgan fingerprint density at radius 3 is 2.30 bits per heavy atom. The molecule has 0 radical (unpaired) electrons. The molecule has 3 N–H and O–H groups in total. The molecular weight excluding hydrogens is 388 g/mol. The number of aromatic amines is 1. The van der Waals surface area contributed by atoms with Gasteiger partial charge in [-0.25, -0.2) is 0 Å². The van der Waals surface area contributed by atoms with Gasteiger partial charge in [-0.15, -0.1) is 0 Å². The van der Waals surface area contributed by atoms with Gasteiger partial charge in [0.15, 0.2) is 8.32 Å². The van der Waals surface area contributed by atoms with Gasteiger partial charge in [0, 0.05) is 5.54 Å². The lowest BCUT2D eigenvalue weighted by molar-refractivity contribution is 0.0526. The summed E-state index contributed by atoms with van der Waals surface area (Å²) < 4.78 is 7.08. The first kappa shape index (κ1) is 23.5. The van der Waals surface area contributed by atoms with Crippen molar-refractivity contribution >= 4 is 8.32 Å². The summed E-state index contributed by atoms with van der Waals surface area (Å²) >= 11 is 0. The summed E-state index contributed by atoms with van der Waals surface area (Å²) in [5, 5.41) is 8.35. The highest BCUT2D eigenvalue weighted by Crippen LogP contribution is 2.49. The van der Waals surface area contributed by atoms with E-state index in [9.17, 15) is 0 Å². The van der Waals surface area contributed by atoms with Crippen LogP contribution in [-0.2, 0) is 15.6 Å². The number of nitrogens with one attached hydrogen (secondary N) is 1. The van der Waals surface area contributed by atoms with Gasteiger partial charge in [0.1, 0.15) is 0 Å². The van der Waals surface area contributed by atoms with Crippen molar-refractivity contribution in [2.24, 2.45) is 5.73 Å². The molecule has 1 fully saturated rings. The van der Waals surface area contributed by atoms with Crippen LogP contribution in [0, 0.1) is 0 Å². The second kappa shape index (κ2) is 7.49. The first-order valence-corrected chi connectivity index (χ1v) is 14.5. The predicted octanol–water partition coefficient (Wildman–Crippen LogP) is 5.76. The SMILES string of the molecule is CC1N(C(C)(C)C)C=CCC1(N)c1cc(C2(O[Si](C)(C)C(C)(C)C)CCCC2)[nH]n1. The van der Waals surface area contributed by atoms with Crippen LogP contribution >= 0.6 is 0 Å². The van der Waals surface area contributed by atoms with E-state index in [4.69, 9.17) is 15.3 Å². The summed E-state index contributed by atoms with van der Waals surface area (Å²) in [5.74, 6) is 0. The molecule has 2 atom stereocenters. The summed E-state index contributed by atoms with van der Waals surface area (Å²) in [4.78, 5) is 2.36. The molecule has 30 heavy (non-hydrogen) atoms. The number of hydrogen-bond acceptors (Lipinski definition) is 4. The number of rotatable bonds is 4. The molecule has 170 valence electrons. The maximum Gasteiger partial charge on any atom is 0.193 e. The molecular formula is C24H44N4OSi. The van der Waals surface area contributed by atoms with Crippen LogP contribution in [0.1, 0.15) is 92.0 Å². The minimum Gasteiger partial charge on any atom is -0.406 e. The van der Waals surface area contributed by atoms with E-state index < -0.39 is 13.9 Å². The number of hydrogen-bond donors (Lipinski definition) is 2. The van der Waals surface area contributed by atoms with E-state index in [2.05, 4.69) is 89.9 Å². The number of aromatic nitrogens is 2. The van der Waals surface area contributed by atoms with Gasteiger partial charge in [0.25, 0.3) is 0 Å². The topological polar surface area (TPSA) is 67.2 Å². The maximum atomic E-state index is 7.08. The van der Waals surface area contributed by atoms with Crippen molar-refractivity contribution in [3.8, 4) is 0 Å². The molecule has 2 heterocycles. The summed E-state index contributed by atoms with van der Waals surface area (Å²) in [6.45, 7) is 20.6. The van der Waals surface area contributed by atoms with Gasteiger partial charge in [-0.3, -0.25) is 5.10 Å². The molecule has 2 aliphatic rings. The Bertz CT molecular complexity index is 780. The van der Waals surface area contributed by atoms with Crippen molar-refractivity contribution in [2.45, 2.75) is 121 Å². The zero-order valence-corrected chi connectivity index (χ0v) is 21.7. The third-order valence-electron chi connectivity index (χ3n) is 7.87. The Balaban J connectivity index is 1.95. The minimum absolute atomic E-state index is 0.0121. The van der Waals surface area contributed by atoms with E-state index in [1.807, 2.05) is 0 Å². The average molecular weight is 433 g/mol. The normalized spacial score (nSPS) is 27.7. The van der Waals surface area contributed by atoms with Crippen molar-refractivity contribution in [1.82, 2.24) is 15.1 Å². The van der Waals surface area contributed by atoms with Gasteiger partial charge in [0.05, 0.1) is 28.6 Å². The summed E-state index contributed by atoms with van der Waals surface area (Å²) in [6.07, 6.45) is 9.70. The first-order chi connectivity index (χ1) is 13.6. The van der Waals surface area contributed by atoms with Crippen molar-refractivity contribution in [1.29, 1.82) is 0 Å². The summed E-state index contributed by atoms with van der Waals surface area (Å²) in [6, 6.07) is 2.37. The minimum atomic E-state index is -1.92. The highest BCUT2D eigenvalue weighted by molar-refractivity contribution is 6.74. The van der Waals surface area contributed by atoms with E-state index in [0.717, 1.165) is 30.7 Å². The molecule has 1 aliphatic carbocycles. The summed E-state index contributed by atoms with van der Waals surface area (Å²) in [5.41, 5.74) is 8.37. The fraction of sp³-hybridized carbons (Fsp3) is 0.792. The van der Waals surface area contributed by atoms with Crippen molar-refractivity contribution in [3.05, 3.63) is 29.7 Å². The lowest BCUT2D eigenvalue weighted by Gasteiger charge is -2.49. The molecule has 0 amide bonds. The standard InChI is InChI=1S/C24H44N4OSi/c1-18-24(25,15-12-16-28(18)21(2,3)4)20-17-19(26-27-20)23(13-10-11-14-23)29-30(8,9)22(5,6)7/h12,16-18H,10-11,13-15,25H2,1-9H3,(H,26,27). The Hall–Kier alpha value is -1.11. The van der Waals surface area contributed by atoms with E-state index in [0.29, 0.717) is 0 Å². The molecule has 0 saturated heterocycles. The molecule has 1 saturated carbocycles. The van der Waals surface area contributed by atoms with Gasteiger partial charge in [-0.2, -0.15) is 5.10 Å². The number of H-pyrrole nitrogens is 1. The van der Waals surface area contributed by atoms with Crippen molar-refractivity contribution < 1.29 is 4.43 Å². The molecule has 6 heteroatoms. The molecule has 5 nitrogen and oxygen atoms in total. The molecule has 2 unspecified atom stereocenters. The Kier molecular flexibility index (Phi) is 5.88. The Labute approximate surface area is 185 Å². The summed E-state index contributed by atoms with van der Waals surface area (Å²) in [7, 11) is -1.92. The number of nitrogens with zero attached hydrogens (tertiary/aromatic N) is 2. The van der Waals surface area contributed by atoms with Crippen LogP contribution in [0.4, 0.5) is 0 Å². The highest BCUT2D eigenvalue weighted by atomic mass is 28.4. The highest BCUT2D eigenvalue weighted by Gasteiger charge is 2.49. The molecule has 3 rings (SSSR count). The second-order valence-corrected chi connectivity index (χ2v) is 16.8. The van der Waals surface area contributed by atoms with Gasteiger partial charge in [-0.05, 0) is 77.4 Å². The van der Waals surface area contributed by atoms with Crippen LogP contribution in [0.5, 0.6) is 0 Å². The average Bonchev–Trinajstić information content (AvgIpc) is 3.25. The molecule has 0 spiro atoms. The van der Waals surface area contributed by atoms with Crippen LogP contribution in [0.25, 0.3) is 0 Å². The second-order valence-electron chi connectivity index (χ2n) is 12.1. The van der Waals surface area contributed by atoms with Crippen molar-refractivity contribution in [2.75, 3.05) is 0 Å². The van der Waals surface area contributed by atoms with E-state index >= 15 is 0 Å². The fourth-order valence-electron chi connectivity index (χ4n) is 4.84. The third kappa shape index (κ3) is 4.03. The lowest BCUT2D eigenvalue weighted by atomic mass is 9.80. The van der Waals surface area contributed by atoms with Gasteiger partial charge >= 0.3 is 0 Å². The van der Waals surface area contributed by atoms with Gasteiger partial charge < -0.3 is 15.1 Å². The van der Waals surface area contributed by atoms with Crippen LogP contribution in [-0.4, -0.2) is 35.0 Å². The smallest absolute Gasteiger partial charge is 0.193 e. The van der Waals surface area contributed by atoms with E-state index in [1.165, 1.54) is 12.8 Å². The largest absolute Gasteiger partial charge is 0.406 e. The van der Waals surface area contributed by atoms with Crippen LogP contribution in [0.15, 0.2) is 18.3 Å². The van der Waals surface area contributed by atoms with Crippen LogP contribution in [0.2, 0.25) is 18.1 Å². The molecule has 1 aromatic rings. The monoisotopic (exact) mass is 432 g/mol. The predicted molar refractivity (Wildman–Crippen MR) is 128 cm³/mol.